The molecule has 0 bridgehead atoms. The topological polar surface area (TPSA) is 58.9 Å². The number of nitro groups is 1. The molecule has 2 aromatic carbocycles. The minimum Gasteiger partial charge on any atom is -0.355 e. The lowest BCUT2D eigenvalue weighted by Crippen LogP contribution is -1.86. The van der Waals surface area contributed by atoms with Crippen molar-refractivity contribution in [3.8, 4) is 0 Å². The zero-order valence-electron chi connectivity index (χ0n) is 10.6. The Balaban J connectivity index is 1.84. The Morgan fingerprint density at radius 1 is 1.00 bits per heavy atom. The summed E-state index contributed by atoms with van der Waals surface area (Å²) in [6, 6.07) is 16.6. The van der Waals surface area contributed by atoms with Gasteiger partial charge in [0.05, 0.1) is 4.92 Å². The van der Waals surface area contributed by atoms with Crippen molar-refractivity contribution in [1.82, 2.24) is 4.98 Å². The van der Waals surface area contributed by atoms with Crippen molar-refractivity contribution in [3.63, 3.8) is 0 Å². The summed E-state index contributed by atoms with van der Waals surface area (Å²) in [7, 11) is 0. The summed E-state index contributed by atoms with van der Waals surface area (Å²) in [5.74, 6) is 0. The van der Waals surface area contributed by atoms with Crippen LogP contribution in [0.15, 0.2) is 54.6 Å². The molecule has 0 aliphatic rings. The van der Waals surface area contributed by atoms with E-state index in [1.165, 1.54) is 12.1 Å². The first kappa shape index (κ1) is 12.2. The number of fused-ring (bicyclic) bond motifs is 1. The van der Waals surface area contributed by atoms with Gasteiger partial charge in [-0.1, -0.05) is 24.3 Å². The molecule has 0 amide bonds. The highest BCUT2D eigenvalue weighted by Crippen LogP contribution is 2.17. The third-order valence-electron chi connectivity index (χ3n) is 3.11. The maximum atomic E-state index is 10.6. The number of rotatable bonds is 3. The van der Waals surface area contributed by atoms with Gasteiger partial charge >= 0.3 is 0 Å². The van der Waals surface area contributed by atoms with Gasteiger partial charge in [-0.15, -0.1) is 0 Å². The second-order valence-electron chi connectivity index (χ2n) is 4.49. The van der Waals surface area contributed by atoms with Crippen LogP contribution in [0.5, 0.6) is 0 Å². The average molecular weight is 264 g/mol. The van der Waals surface area contributed by atoms with Gasteiger partial charge in [0, 0.05) is 23.3 Å². The summed E-state index contributed by atoms with van der Waals surface area (Å²) in [4.78, 5) is 13.5. The highest BCUT2D eigenvalue weighted by Gasteiger charge is 2.02. The van der Waals surface area contributed by atoms with Gasteiger partial charge in [-0.05, 0) is 41.3 Å². The Morgan fingerprint density at radius 2 is 1.75 bits per heavy atom. The molecule has 3 rings (SSSR count). The number of hydrogen-bond acceptors (Lipinski definition) is 2. The minimum absolute atomic E-state index is 0.104. The van der Waals surface area contributed by atoms with Crippen molar-refractivity contribution < 1.29 is 4.92 Å². The second-order valence-corrected chi connectivity index (χ2v) is 4.49. The maximum absolute atomic E-state index is 10.6. The Morgan fingerprint density at radius 3 is 2.45 bits per heavy atom. The Kier molecular flexibility index (Phi) is 3.05. The first-order valence-corrected chi connectivity index (χ1v) is 6.23. The number of benzene rings is 2. The molecule has 0 unspecified atom stereocenters. The lowest BCUT2D eigenvalue weighted by molar-refractivity contribution is -0.384. The molecule has 0 atom stereocenters. The number of aromatic amines is 1. The van der Waals surface area contributed by atoms with Crippen LogP contribution in [0.25, 0.3) is 23.1 Å². The molecule has 4 heteroatoms. The fourth-order valence-corrected chi connectivity index (χ4v) is 2.08. The molecule has 1 heterocycles. The third kappa shape index (κ3) is 2.44. The van der Waals surface area contributed by atoms with E-state index in [0.29, 0.717) is 0 Å². The Bertz CT molecular complexity index is 753. The number of nitrogens with one attached hydrogen (secondary N) is 1. The van der Waals surface area contributed by atoms with E-state index in [-0.39, 0.29) is 5.69 Å². The van der Waals surface area contributed by atoms with Crippen LogP contribution in [-0.4, -0.2) is 9.91 Å². The lowest BCUT2D eigenvalue weighted by atomic mass is 10.2. The van der Waals surface area contributed by atoms with E-state index in [1.54, 1.807) is 12.1 Å². The van der Waals surface area contributed by atoms with Crippen LogP contribution in [0.1, 0.15) is 11.3 Å². The number of nitro benzene ring substituents is 1. The highest BCUT2D eigenvalue weighted by atomic mass is 16.6. The van der Waals surface area contributed by atoms with Crippen molar-refractivity contribution in [1.29, 1.82) is 0 Å². The molecule has 0 aliphatic carbocycles. The second kappa shape index (κ2) is 5.01. The summed E-state index contributed by atoms with van der Waals surface area (Å²) in [5, 5.41) is 11.7. The van der Waals surface area contributed by atoms with Gasteiger partial charge in [0.2, 0.25) is 0 Å². The van der Waals surface area contributed by atoms with Gasteiger partial charge in [0.25, 0.3) is 5.69 Å². The number of aromatic nitrogens is 1. The number of non-ortho nitro benzene ring substituents is 1. The average Bonchev–Trinajstić information content (AvgIpc) is 2.88. The van der Waals surface area contributed by atoms with E-state index < -0.39 is 4.92 Å². The molecule has 0 spiro atoms. The van der Waals surface area contributed by atoms with Gasteiger partial charge in [0.1, 0.15) is 0 Å². The van der Waals surface area contributed by atoms with Crippen LogP contribution in [-0.2, 0) is 0 Å². The molecular weight excluding hydrogens is 252 g/mol. The first-order valence-electron chi connectivity index (χ1n) is 6.23. The van der Waals surface area contributed by atoms with E-state index in [9.17, 15) is 10.1 Å². The predicted molar refractivity (Wildman–Crippen MR) is 80.3 cm³/mol. The van der Waals surface area contributed by atoms with Crippen LogP contribution >= 0.6 is 0 Å². The Hall–Kier alpha value is -2.88. The first-order chi connectivity index (χ1) is 9.72. The zero-order chi connectivity index (χ0) is 13.9. The normalized spacial score (nSPS) is 11.2. The van der Waals surface area contributed by atoms with E-state index >= 15 is 0 Å². The fourth-order valence-electron chi connectivity index (χ4n) is 2.08. The van der Waals surface area contributed by atoms with Gasteiger partial charge in [-0.2, -0.15) is 0 Å². The predicted octanol–water partition coefficient (Wildman–Crippen LogP) is 4.25. The van der Waals surface area contributed by atoms with Crippen LogP contribution in [0.3, 0.4) is 0 Å². The quantitative estimate of drug-likeness (QED) is 0.568. The molecule has 20 heavy (non-hydrogen) atoms. The zero-order valence-corrected chi connectivity index (χ0v) is 10.6. The van der Waals surface area contributed by atoms with Gasteiger partial charge < -0.3 is 4.98 Å². The van der Waals surface area contributed by atoms with E-state index in [2.05, 4.69) is 17.1 Å². The minimum atomic E-state index is -0.398. The standard InChI is InChI=1S/C16H12N2O2/c19-18(20)15-9-6-12(7-10-15)5-8-14-11-13-3-1-2-4-16(13)17-14/h1-11,17H. The third-order valence-corrected chi connectivity index (χ3v) is 3.11. The molecule has 0 saturated carbocycles. The van der Waals surface area contributed by atoms with Crippen molar-refractivity contribution in [2.45, 2.75) is 0 Å². The lowest BCUT2D eigenvalue weighted by Gasteiger charge is -1.93. The number of nitrogens with zero attached hydrogens (tertiary/aromatic N) is 1. The molecule has 98 valence electrons. The van der Waals surface area contributed by atoms with E-state index in [0.717, 1.165) is 22.2 Å². The molecule has 4 nitrogen and oxygen atoms in total. The van der Waals surface area contributed by atoms with Crippen molar-refractivity contribution in [3.05, 3.63) is 76.0 Å². The smallest absolute Gasteiger partial charge is 0.269 e. The molecule has 0 aliphatic heterocycles. The van der Waals surface area contributed by atoms with Gasteiger partial charge in [-0.25, -0.2) is 0 Å². The molecule has 3 aromatic rings. The number of hydrogen-bond donors (Lipinski definition) is 1. The summed E-state index contributed by atoms with van der Waals surface area (Å²) in [5.41, 5.74) is 3.13. The van der Waals surface area contributed by atoms with Crippen molar-refractivity contribution in [2.75, 3.05) is 0 Å². The van der Waals surface area contributed by atoms with Gasteiger partial charge in [-0.3, -0.25) is 10.1 Å². The number of H-pyrrole nitrogens is 1. The van der Waals surface area contributed by atoms with Crippen LogP contribution in [0, 0.1) is 10.1 Å². The molecule has 1 N–H and O–H groups in total. The SMILES string of the molecule is O=[N+]([O-])c1ccc(C=Cc2cc3ccccc3[nH]2)cc1. The summed E-state index contributed by atoms with van der Waals surface area (Å²) in [6.07, 6.45) is 3.88. The molecule has 0 saturated heterocycles. The monoisotopic (exact) mass is 264 g/mol. The fraction of sp³-hybridized carbons (Fsp3) is 0. The molecule has 0 radical (unpaired) electrons. The Labute approximate surface area is 115 Å². The van der Waals surface area contributed by atoms with Crippen molar-refractivity contribution >= 4 is 28.7 Å². The van der Waals surface area contributed by atoms with E-state index in [4.69, 9.17) is 0 Å². The van der Waals surface area contributed by atoms with Gasteiger partial charge in [0.15, 0.2) is 0 Å². The highest BCUT2D eigenvalue weighted by molar-refractivity contribution is 5.84. The molecule has 1 aromatic heterocycles. The van der Waals surface area contributed by atoms with Crippen LogP contribution in [0.4, 0.5) is 5.69 Å². The van der Waals surface area contributed by atoms with Crippen molar-refractivity contribution in [2.24, 2.45) is 0 Å². The summed E-state index contributed by atoms with van der Waals surface area (Å²) in [6.45, 7) is 0. The van der Waals surface area contributed by atoms with Crippen LogP contribution in [0.2, 0.25) is 0 Å². The van der Waals surface area contributed by atoms with Crippen LogP contribution < -0.4 is 0 Å². The summed E-state index contributed by atoms with van der Waals surface area (Å²) < 4.78 is 0. The summed E-state index contributed by atoms with van der Waals surface area (Å²) >= 11 is 0. The number of para-hydroxylation sites is 1. The molecular formula is C16H12N2O2. The largest absolute Gasteiger partial charge is 0.355 e. The maximum Gasteiger partial charge on any atom is 0.269 e. The molecule has 0 fully saturated rings. The van der Waals surface area contributed by atoms with E-state index in [1.807, 2.05) is 30.4 Å².